The van der Waals surface area contributed by atoms with E-state index in [-0.39, 0.29) is 0 Å². The minimum atomic E-state index is -1.79. The number of ether oxygens (including phenoxy) is 1. The molecule has 1 saturated heterocycles. The van der Waals surface area contributed by atoms with Gasteiger partial charge >= 0.3 is 5.69 Å². The van der Waals surface area contributed by atoms with Gasteiger partial charge in [0.1, 0.15) is 6.23 Å². The van der Waals surface area contributed by atoms with Gasteiger partial charge in [0.2, 0.25) is 0 Å². The highest BCUT2D eigenvalue weighted by Gasteiger charge is 2.53. The lowest BCUT2D eigenvalue weighted by molar-refractivity contribution is -0.124. The maximum atomic E-state index is 11.9. The molecular weight excluding hydrogens is 266 g/mol. The fourth-order valence-corrected chi connectivity index (χ4v) is 2.28. The monoisotopic (exact) mass is 281 g/mol. The van der Waals surface area contributed by atoms with Crippen LogP contribution in [0.1, 0.15) is 18.8 Å². The van der Waals surface area contributed by atoms with Gasteiger partial charge in [0.25, 0.3) is 0 Å². The average molecular weight is 281 g/mol. The number of aliphatic hydroxyl groups excluding tert-OH is 2. The summed E-state index contributed by atoms with van der Waals surface area (Å²) < 4.78 is 6.67. The number of hydrogen-bond donors (Lipinski definition) is 2. The molecule has 9 heteroatoms. The minimum absolute atomic E-state index is 0.538. The third-order valence-corrected chi connectivity index (χ3v) is 3.42. The first-order valence-corrected chi connectivity index (χ1v) is 6.04. The van der Waals surface area contributed by atoms with Crippen LogP contribution in [0.25, 0.3) is 10.4 Å². The Morgan fingerprint density at radius 2 is 2.40 bits per heavy atom. The summed E-state index contributed by atoms with van der Waals surface area (Å²) in [7, 11) is 0. The highest BCUT2D eigenvalue weighted by atomic mass is 16.6. The van der Waals surface area contributed by atoms with E-state index in [0.29, 0.717) is 5.69 Å². The first-order valence-electron chi connectivity index (χ1n) is 6.04. The Morgan fingerprint density at radius 1 is 1.70 bits per heavy atom. The maximum Gasteiger partial charge on any atom is 0.349 e. The molecule has 1 aliphatic heterocycles. The van der Waals surface area contributed by atoms with Gasteiger partial charge in [-0.1, -0.05) is 12.0 Å². The van der Waals surface area contributed by atoms with Gasteiger partial charge in [0, 0.05) is 22.7 Å². The summed E-state index contributed by atoms with van der Waals surface area (Å²) in [5.74, 6) is -0.560. The molecule has 9 nitrogen and oxygen atoms in total. The summed E-state index contributed by atoms with van der Waals surface area (Å²) in [6, 6.07) is 1.62. The van der Waals surface area contributed by atoms with E-state index in [2.05, 4.69) is 15.0 Å². The molecule has 0 bridgehead atoms. The number of rotatable bonds is 3. The largest absolute Gasteiger partial charge is 0.393 e. The third kappa shape index (κ3) is 2.16. The first-order chi connectivity index (χ1) is 9.45. The first kappa shape index (κ1) is 14.5. The zero-order valence-corrected chi connectivity index (χ0v) is 11.0. The smallest absolute Gasteiger partial charge is 0.349 e. The topological polar surface area (TPSA) is 133 Å². The molecule has 0 unspecified atom stereocenters. The molecule has 0 saturated carbocycles. The zero-order chi connectivity index (χ0) is 14.9. The van der Waals surface area contributed by atoms with Crippen LogP contribution in [0.3, 0.4) is 0 Å². The normalized spacial score (nSPS) is 32.9. The standard InChI is InChI=1S/C11H15N5O4/c1-6-3-4-16(10(19)13-6)9-7(2)8(18)11(5-17,20-9)14-15-12/h3-4,7-9,17-18H,5H2,1-2H3/t7-,8-,9+,11+/m0/s1. The summed E-state index contributed by atoms with van der Waals surface area (Å²) in [6.07, 6.45) is -0.618. The van der Waals surface area contributed by atoms with Gasteiger partial charge in [-0.15, -0.1) is 0 Å². The van der Waals surface area contributed by atoms with Gasteiger partial charge in [0.15, 0.2) is 5.72 Å². The molecule has 108 valence electrons. The van der Waals surface area contributed by atoms with Gasteiger partial charge in [0.05, 0.1) is 12.7 Å². The lowest BCUT2D eigenvalue weighted by Crippen LogP contribution is -2.42. The van der Waals surface area contributed by atoms with Crippen LogP contribution in [0, 0.1) is 12.8 Å². The van der Waals surface area contributed by atoms with Crippen molar-refractivity contribution in [2.24, 2.45) is 11.0 Å². The third-order valence-electron chi connectivity index (χ3n) is 3.42. The molecule has 1 fully saturated rings. The Morgan fingerprint density at radius 3 is 2.95 bits per heavy atom. The van der Waals surface area contributed by atoms with E-state index in [1.54, 1.807) is 19.9 Å². The van der Waals surface area contributed by atoms with Crippen molar-refractivity contribution in [1.82, 2.24) is 9.55 Å². The van der Waals surface area contributed by atoms with E-state index in [1.165, 1.54) is 10.8 Å². The van der Waals surface area contributed by atoms with E-state index in [1.807, 2.05) is 0 Å². The van der Waals surface area contributed by atoms with Crippen LogP contribution in [0.2, 0.25) is 0 Å². The second-order valence-corrected chi connectivity index (χ2v) is 4.76. The van der Waals surface area contributed by atoms with Crippen LogP contribution >= 0.6 is 0 Å². The Balaban J connectivity index is 2.45. The van der Waals surface area contributed by atoms with Crippen LogP contribution in [-0.4, -0.2) is 38.2 Å². The molecule has 0 radical (unpaired) electrons. The quantitative estimate of drug-likeness (QED) is 0.459. The second-order valence-electron chi connectivity index (χ2n) is 4.76. The van der Waals surface area contributed by atoms with Crippen LogP contribution in [0.5, 0.6) is 0 Å². The average Bonchev–Trinajstić information content (AvgIpc) is 2.65. The highest BCUT2D eigenvalue weighted by Crippen LogP contribution is 2.41. The van der Waals surface area contributed by atoms with E-state index in [4.69, 9.17) is 10.3 Å². The van der Waals surface area contributed by atoms with E-state index < -0.39 is 36.3 Å². The number of aliphatic hydroxyl groups is 2. The van der Waals surface area contributed by atoms with Gasteiger partial charge in [-0.3, -0.25) is 4.57 Å². The van der Waals surface area contributed by atoms with Crippen molar-refractivity contribution >= 4 is 0 Å². The molecule has 2 heterocycles. The van der Waals surface area contributed by atoms with Gasteiger partial charge < -0.3 is 14.9 Å². The minimum Gasteiger partial charge on any atom is -0.393 e. The molecule has 0 spiro atoms. The van der Waals surface area contributed by atoms with Crippen molar-refractivity contribution in [3.8, 4) is 0 Å². The molecule has 1 aliphatic rings. The van der Waals surface area contributed by atoms with Crippen LogP contribution in [0.15, 0.2) is 22.2 Å². The molecule has 4 atom stereocenters. The lowest BCUT2D eigenvalue weighted by atomic mass is 9.98. The Bertz CT molecular complexity index is 611. The van der Waals surface area contributed by atoms with Crippen LogP contribution in [0.4, 0.5) is 0 Å². The van der Waals surface area contributed by atoms with E-state index in [0.717, 1.165) is 0 Å². The fourth-order valence-electron chi connectivity index (χ4n) is 2.28. The summed E-state index contributed by atoms with van der Waals surface area (Å²) in [4.78, 5) is 18.2. The van der Waals surface area contributed by atoms with Crippen molar-refractivity contribution in [2.45, 2.75) is 31.9 Å². The molecule has 0 aromatic carbocycles. The number of azide groups is 1. The van der Waals surface area contributed by atoms with Crippen molar-refractivity contribution in [3.05, 3.63) is 38.9 Å². The number of hydrogen-bond acceptors (Lipinski definition) is 6. The Kier molecular flexibility index (Phi) is 3.78. The maximum absolute atomic E-state index is 11.9. The van der Waals surface area contributed by atoms with Crippen molar-refractivity contribution < 1.29 is 14.9 Å². The van der Waals surface area contributed by atoms with Gasteiger partial charge in [-0.05, 0) is 18.5 Å². The van der Waals surface area contributed by atoms with Crippen molar-refractivity contribution in [3.63, 3.8) is 0 Å². The Labute approximate surface area is 114 Å². The molecular formula is C11H15N5O4. The molecule has 2 rings (SSSR count). The SMILES string of the molecule is Cc1ccn([C@@H]2O[C@@](CO)(N=[N+]=[N-])[C@@H](O)[C@@H]2C)c(=O)n1. The van der Waals surface area contributed by atoms with E-state index >= 15 is 0 Å². The second kappa shape index (κ2) is 5.22. The van der Waals surface area contributed by atoms with E-state index in [9.17, 15) is 15.0 Å². The number of nitrogens with zero attached hydrogens (tertiary/aromatic N) is 5. The molecule has 0 amide bonds. The zero-order valence-electron chi connectivity index (χ0n) is 11.0. The molecule has 1 aromatic heterocycles. The molecule has 1 aromatic rings. The highest BCUT2D eigenvalue weighted by molar-refractivity contribution is 5.01. The predicted molar refractivity (Wildman–Crippen MR) is 67.5 cm³/mol. The molecule has 2 N–H and O–H groups in total. The molecule has 20 heavy (non-hydrogen) atoms. The molecule has 0 aliphatic carbocycles. The lowest BCUT2D eigenvalue weighted by Gasteiger charge is -2.24. The van der Waals surface area contributed by atoms with Crippen LogP contribution < -0.4 is 5.69 Å². The number of aromatic nitrogens is 2. The Hall–Kier alpha value is -1.93. The fraction of sp³-hybridized carbons (Fsp3) is 0.636. The summed E-state index contributed by atoms with van der Waals surface area (Å²) in [6.45, 7) is 2.62. The van der Waals surface area contributed by atoms with Gasteiger partial charge in [-0.2, -0.15) is 4.98 Å². The van der Waals surface area contributed by atoms with Crippen molar-refractivity contribution in [2.75, 3.05) is 6.61 Å². The van der Waals surface area contributed by atoms with Gasteiger partial charge in [-0.25, -0.2) is 4.79 Å². The van der Waals surface area contributed by atoms with Crippen LogP contribution in [-0.2, 0) is 4.74 Å². The summed E-state index contributed by atoms with van der Waals surface area (Å²) in [5.41, 5.74) is 6.78. The van der Waals surface area contributed by atoms with Crippen molar-refractivity contribution in [1.29, 1.82) is 0 Å². The summed E-state index contributed by atoms with van der Waals surface area (Å²) in [5, 5.41) is 22.8. The summed E-state index contributed by atoms with van der Waals surface area (Å²) >= 11 is 0. The number of aryl methyl sites for hydroxylation is 1. The predicted octanol–water partition coefficient (Wildman–Crippen LogP) is 0.0764.